The topological polar surface area (TPSA) is 54.9 Å². The standard InChI is InChI=1S/C21H33N3O2/c1-3-22-21(23-11-7-12-25-15-17-9-6-13-26-17)24-20-14-19(20)18-10-5-4-8-16(18)2/h4-5,8,10,17,19-20H,3,6-7,9,11-15H2,1-2H3,(H2,22,23,24). The van der Waals surface area contributed by atoms with E-state index >= 15 is 0 Å². The summed E-state index contributed by atoms with van der Waals surface area (Å²) in [5, 5.41) is 6.94. The molecule has 1 aliphatic carbocycles. The van der Waals surface area contributed by atoms with Gasteiger partial charge in [-0.15, -0.1) is 0 Å². The maximum atomic E-state index is 5.71. The van der Waals surface area contributed by atoms with Crippen LogP contribution in [-0.2, 0) is 9.47 Å². The molecule has 0 spiro atoms. The molecule has 0 bridgehead atoms. The summed E-state index contributed by atoms with van der Waals surface area (Å²) < 4.78 is 11.3. The van der Waals surface area contributed by atoms with Crippen LogP contribution in [0, 0.1) is 6.92 Å². The predicted molar refractivity (Wildman–Crippen MR) is 106 cm³/mol. The predicted octanol–water partition coefficient (Wildman–Crippen LogP) is 2.99. The third-order valence-corrected chi connectivity index (χ3v) is 5.09. The molecule has 1 saturated heterocycles. The second kappa shape index (κ2) is 9.93. The van der Waals surface area contributed by atoms with Crippen LogP contribution in [0.1, 0.15) is 49.7 Å². The van der Waals surface area contributed by atoms with Gasteiger partial charge in [-0.3, -0.25) is 4.99 Å². The summed E-state index contributed by atoms with van der Waals surface area (Å²) in [7, 11) is 0. The minimum atomic E-state index is 0.311. The second-order valence-electron chi connectivity index (χ2n) is 7.27. The quantitative estimate of drug-likeness (QED) is 0.404. The first-order valence-corrected chi connectivity index (χ1v) is 10.1. The molecule has 5 heteroatoms. The Morgan fingerprint density at radius 1 is 1.35 bits per heavy atom. The minimum Gasteiger partial charge on any atom is -0.379 e. The molecule has 0 aromatic heterocycles. The van der Waals surface area contributed by atoms with Gasteiger partial charge in [0.05, 0.1) is 12.7 Å². The van der Waals surface area contributed by atoms with Crippen LogP contribution in [0.4, 0.5) is 0 Å². The van der Waals surface area contributed by atoms with Gasteiger partial charge in [-0.2, -0.15) is 0 Å². The van der Waals surface area contributed by atoms with Crippen LogP contribution in [0.2, 0.25) is 0 Å². The number of hydrogen-bond acceptors (Lipinski definition) is 3. The molecule has 1 aliphatic heterocycles. The third kappa shape index (κ3) is 5.71. The van der Waals surface area contributed by atoms with E-state index in [9.17, 15) is 0 Å². The van der Waals surface area contributed by atoms with Crippen LogP contribution in [0.15, 0.2) is 29.3 Å². The largest absolute Gasteiger partial charge is 0.379 e. The second-order valence-corrected chi connectivity index (χ2v) is 7.27. The Balaban J connectivity index is 1.37. The van der Waals surface area contributed by atoms with Crippen molar-refractivity contribution in [2.45, 2.75) is 57.6 Å². The van der Waals surface area contributed by atoms with E-state index in [0.29, 0.717) is 18.1 Å². The fourth-order valence-electron chi connectivity index (χ4n) is 3.54. The molecular weight excluding hydrogens is 326 g/mol. The molecule has 3 unspecified atom stereocenters. The molecule has 3 rings (SSSR count). The molecule has 1 heterocycles. The van der Waals surface area contributed by atoms with E-state index in [1.807, 2.05) is 0 Å². The number of aliphatic imine (C=N–C) groups is 1. The third-order valence-electron chi connectivity index (χ3n) is 5.09. The lowest BCUT2D eigenvalue weighted by atomic mass is 10.0. The number of nitrogens with one attached hydrogen (secondary N) is 2. The highest BCUT2D eigenvalue weighted by molar-refractivity contribution is 5.80. The highest BCUT2D eigenvalue weighted by Gasteiger charge is 2.39. The van der Waals surface area contributed by atoms with E-state index in [1.54, 1.807) is 0 Å². The van der Waals surface area contributed by atoms with Crippen LogP contribution >= 0.6 is 0 Å². The van der Waals surface area contributed by atoms with E-state index < -0.39 is 0 Å². The Kier molecular flexibility index (Phi) is 7.32. The highest BCUT2D eigenvalue weighted by Crippen LogP contribution is 2.41. The van der Waals surface area contributed by atoms with Gasteiger partial charge in [-0.1, -0.05) is 24.3 Å². The highest BCUT2D eigenvalue weighted by atomic mass is 16.5. The summed E-state index contributed by atoms with van der Waals surface area (Å²) >= 11 is 0. The molecule has 1 aromatic rings. The molecular formula is C21H33N3O2. The van der Waals surface area contributed by atoms with Crippen molar-refractivity contribution in [3.8, 4) is 0 Å². The fraction of sp³-hybridized carbons (Fsp3) is 0.667. The molecule has 144 valence electrons. The smallest absolute Gasteiger partial charge is 0.191 e. The van der Waals surface area contributed by atoms with Crippen molar-refractivity contribution < 1.29 is 9.47 Å². The zero-order chi connectivity index (χ0) is 18.2. The SMILES string of the molecule is CCNC(=NCCCOCC1CCCO1)NC1CC1c1ccccc1C. The summed E-state index contributed by atoms with van der Waals surface area (Å²) in [6.45, 7) is 8.32. The van der Waals surface area contributed by atoms with Crippen LogP contribution < -0.4 is 10.6 Å². The number of hydrogen-bond donors (Lipinski definition) is 2. The Labute approximate surface area is 157 Å². The summed E-state index contributed by atoms with van der Waals surface area (Å²) in [4.78, 5) is 4.70. The summed E-state index contributed by atoms with van der Waals surface area (Å²) in [5.41, 5.74) is 2.84. The van der Waals surface area contributed by atoms with Crippen molar-refractivity contribution >= 4 is 5.96 Å². The van der Waals surface area contributed by atoms with Crippen molar-refractivity contribution in [2.24, 2.45) is 4.99 Å². The van der Waals surface area contributed by atoms with Crippen molar-refractivity contribution in [1.82, 2.24) is 10.6 Å². The molecule has 3 atom stereocenters. The number of ether oxygens (including phenoxy) is 2. The summed E-state index contributed by atoms with van der Waals surface area (Å²) in [6.07, 6.45) is 4.73. The number of rotatable bonds is 9. The normalized spacial score (nSPS) is 25.3. The van der Waals surface area contributed by atoms with Crippen LogP contribution in [0.3, 0.4) is 0 Å². The molecule has 0 amide bonds. The van der Waals surface area contributed by atoms with E-state index in [2.05, 4.69) is 48.7 Å². The maximum absolute atomic E-state index is 5.71. The van der Waals surface area contributed by atoms with Crippen LogP contribution in [0.5, 0.6) is 0 Å². The molecule has 0 radical (unpaired) electrons. The van der Waals surface area contributed by atoms with E-state index in [4.69, 9.17) is 14.5 Å². The summed E-state index contributed by atoms with van der Waals surface area (Å²) in [5.74, 6) is 1.53. The fourth-order valence-corrected chi connectivity index (χ4v) is 3.54. The van der Waals surface area contributed by atoms with Crippen LogP contribution in [0.25, 0.3) is 0 Å². The lowest BCUT2D eigenvalue weighted by Crippen LogP contribution is -2.39. The van der Waals surface area contributed by atoms with Gasteiger partial charge >= 0.3 is 0 Å². The van der Waals surface area contributed by atoms with E-state index in [0.717, 1.165) is 51.7 Å². The van der Waals surface area contributed by atoms with E-state index in [1.165, 1.54) is 24.0 Å². The van der Waals surface area contributed by atoms with Crippen molar-refractivity contribution in [3.05, 3.63) is 35.4 Å². The maximum Gasteiger partial charge on any atom is 0.191 e. The van der Waals surface area contributed by atoms with Crippen molar-refractivity contribution in [2.75, 3.05) is 32.9 Å². The first-order valence-electron chi connectivity index (χ1n) is 10.1. The number of benzene rings is 1. The van der Waals surface area contributed by atoms with Crippen molar-refractivity contribution in [1.29, 1.82) is 0 Å². The Morgan fingerprint density at radius 3 is 3.00 bits per heavy atom. The van der Waals surface area contributed by atoms with Gasteiger partial charge in [-0.25, -0.2) is 0 Å². The minimum absolute atomic E-state index is 0.311. The first-order chi connectivity index (χ1) is 12.8. The first kappa shape index (κ1) is 19.2. The summed E-state index contributed by atoms with van der Waals surface area (Å²) in [6, 6.07) is 9.17. The molecule has 1 aromatic carbocycles. The monoisotopic (exact) mass is 359 g/mol. The Hall–Kier alpha value is -1.59. The van der Waals surface area contributed by atoms with Gasteiger partial charge in [0, 0.05) is 38.3 Å². The van der Waals surface area contributed by atoms with Gasteiger partial charge < -0.3 is 20.1 Å². The number of guanidine groups is 1. The van der Waals surface area contributed by atoms with Gasteiger partial charge in [0.2, 0.25) is 0 Å². The van der Waals surface area contributed by atoms with Crippen molar-refractivity contribution in [3.63, 3.8) is 0 Å². The Bertz CT molecular complexity index is 584. The average molecular weight is 360 g/mol. The van der Waals surface area contributed by atoms with Gasteiger partial charge in [0.15, 0.2) is 5.96 Å². The lowest BCUT2D eigenvalue weighted by Gasteiger charge is -2.12. The lowest BCUT2D eigenvalue weighted by molar-refractivity contribution is 0.0171. The molecule has 2 aliphatic rings. The average Bonchev–Trinajstić information content (AvgIpc) is 3.19. The van der Waals surface area contributed by atoms with Crippen LogP contribution in [-0.4, -0.2) is 51.0 Å². The van der Waals surface area contributed by atoms with E-state index in [-0.39, 0.29) is 0 Å². The van der Waals surface area contributed by atoms with Gasteiger partial charge in [0.1, 0.15) is 0 Å². The Morgan fingerprint density at radius 2 is 2.23 bits per heavy atom. The molecule has 1 saturated carbocycles. The molecule has 26 heavy (non-hydrogen) atoms. The number of nitrogens with zero attached hydrogens (tertiary/aromatic N) is 1. The zero-order valence-corrected chi connectivity index (χ0v) is 16.2. The molecule has 2 fully saturated rings. The van der Waals surface area contributed by atoms with Gasteiger partial charge in [0.25, 0.3) is 0 Å². The van der Waals surface area contributed by atoms with Gasteiger partial charge in [-0.05, 0) is 50.7 Å². The molecule has 5 nitrogen and oxygen atoms in total. The zero-order valence-electron chi connectivity index (χ0n) is 16.2. The number of aryl methyl sites for hydroxylation is 1. The molecule has 2 N–H and O–H groups in total.